The smallest absolute Gasteiger partial charge is 0.173 e. The fourth-order valence-corrected chi connectivity index (χ4v) is 6.49. The van der Waals surface area contributed by atoms with E-state index in [1.807, 2.05) is 6.92 Å². The summed E-state index contributed by atoms with van der Waals surface area (Å²) in [5.41, 5.74) is -1.72. The van der Waals surface area contributed by atoms with Crippen LogP contribution in [-0.2, 0) is 5.72 Å². The van der Waals surface area contributed by atoms with Crippen LogP contribution >= 0.6 is 11.6 Å². The molecule has 3 saturated carbocycles. The third-order valence-corrected chi connectivity index (χ3v) is 8.68. The van der Waals surface area contributed by atoms with Crippen LogP contribution < -0.4 is 5.32 Å². The molecule has 3 fully saturated rings. The standard InChI is InChI=1S/C22H32ClN5O2/c1-13-9-22(30,21(2,29)16(13)10-23)28-12-26-18-19(24-11-25-20(18)28)27-17(14-5-3-6-14)15-7-4-8-15/h11-17,29-30H,3-10H2,1-2H3,(H,24,25,27)/t13-,16+,21+,22-/m1/s1. The van der Waals surface area contributed by atoms with Crippen LogP contribution in [0.15, 0.2) is 12.7 Å². The third-order valence-electron chi connectivity index (χ3n) is 8.34. The van der Waals surface area contributed by atoms with Gasteiger partial charge in [-0.1, -0.05) is 19.8 Å². The summed E-state index contributed by atoms with van der Waals surface area (Å²) in [4.78, 5) is 13.5. The number of halogens is 1. The quantitative estimate of drug-likeness (QED) is 0.603. The number of hydrogen-bond acceptors (Lipinski definition) is 6. The van der Waals surface area contributed by atoms with Gasteiger partial charge in [-0.05, 0) is 50.4 Å². The first-order chi connectivity index (χ1) is 14.4. The highest BCUT2D eigenvalue weighted by molar-refractivity contribution is 6.18. The van der Waals surface area contributed by atoms with Gasteiger partial charge in [-0.15, -0.1) is 11.6 Å². The van der Waals surface area contributed by atoms with Crippen LogP contribution in [0, 0.1) is 23.7 Å². The van der Waals surface area contributed by atoms with E-state index in [0.717, 1.165) is 5.82 Å². The summed E-state index contributed by atoms with van der Waals surface area (Å²) in [5, 5.41) is 26.6. The molecule has 4 atom stereocenters. The molecule has 0 amide bonds. The van der Waals surface area contributed by atoms with Crippen molar-refractivity contribution in [2.75, 3.05) is 11.2 Å². The summed E-state index contributed by atoms with van der Waals surface area (Å²) in [6, 6.07) is 0.425. The Bertz CT molecular complexity index is 911. The van der Waals surface area contributed by atoms with Crippen molar-refractivity contribution in [1.29, 1.82) is 0 Å². The molecule has 30 heavy (non-hydrogen) atoms. The predicted molar refractivity (Wildman–Crippen MR) is 116 cm³/mol. The normalized spacial score (nSPS) is 35.0. The van der Waals surface area contributed by atoms with Gasteiger partial charge >= 0.3 is 0 Å². The fourth-order valence-electron chi connectivity index (χ4n) is 5.88. The minimum Gasteiger partial charge on any atom is -0.385 e. The minimum atomic E-state index is -1.52. The lowest BCUT2D eigenvalue weighted by molar-refractivity contribution is -0.184. The molecule has 0 radical (unpaired) electrons. The van der Waals surface area contributed by atoms with Crippen molar-refractivity contribution in [1.82, 2.24) is 19.5 Å². The van der Waals surface area contributed by atoms with Crippen molar-refractivity contribution in [3.05, 3.63) is 12.7 Å². The summed E-state index contributed by atoms with van der Waals surface area (Å²) in [5.74, 6) is 2.27. The number of nitrogens with zero attached hydrogens (tertiary/aromatic N) is 4. The highest BCUT2D eigenvalue weighted by atomic mass is 35.5. The Kier molecular flexibility index (Phi) is 4.99. The molecule has 3 aliphatic carbocycles. The third kappa shape index (κ3) is 2.88. The van der Waals surface area contributed by atoms with Gasteiger partial charge in [0.25, 0.3) is 0 Å². The molecule has 2 heterocycles. The predicted octanol–water partition coefficient (Wildman–Crippen LogP) is 3.50. The number of aliphatic hydroxyl groups is 2. The van der Waals surface area contributed by atoms with Gasteiger partial charge in [0.2, 0.25) is 0 Å². The maximum absolute atomic E-state index is 11.6. The monoisotopic (exact) mass is 433 g/mol. The molecule has 0 saturated heterocycles. The SMILES string of the molecule is C[C@@H]1C[C@](O)(n2cnc3c(NC(C4CCC4)C4CCC4)ncnc32)[C@@](C)(O)[C@H]1CCl. The fraction of sp³-hybridized carbons (Fsp3) is 0.773. The number of aromatic nitrogens is 4. The van der Waals surface area contributed by atoms with E-state index in [9.17, 15) is 10.2 Å². The Labute approximate surface area is 182 Å². The van der Waals surface area contributed by atoms with E-state index in [-0.39, 0.29) is 17.7 Å². The number of fused-ring (bicyclic) bond motifs is 1. The van der Waals surface area contributed by atoms with Crippen LogP contribution in [0.25, 0.3) is 11.2 Å². The van der Waals surface area contributed by atoms with Crippen LogP contribution in [0.5, 0.6) is 0 Å². The van der Waals surface area contributed by atoms with Crippen molar-refractivity contribution in [3.63, 3.8) is 0 Å². The molecule has 3 N–H and O–H groups in total. The zero-order valence-electron chi connectivity index (χ0n) is 17.8. The maximum atomic E-state index is 11.6. The van der Waals surface area contributed by atoms with Crippen molar-refractivity contribution < 1.29 is 10.2 Å². The van der Waals surface area contributed by atoms with Gasteiger partial charge in [-0.3, -0.25) is 4.57 Å². The van der Waals surface area contributed by atoms with Crippen molar-refractivity contribution in [3.8, 4) is 0 Å². The number of alkyl halides is 1. The molecular weight excluding hydrogens is 402 g/mol. The average Bonchev–Trinajstić information content (AvgIpc) is 3.10. The summed E-state index contributed by atoms with van der Waals surface area (Å²) >= 11 is 6.14. The largest absolute Gasteiger partial charge is 0.385 e. The zero-order valence-corrected chi connectivity index (χ0v) is 18.5. The highest BCUT2D eigenvalue weighted by Crippen LogP contribution is 2.51. The Hall–Kier alpha value is -1.44. The van der Waals surface area contributed by atoms with Crippen LogP contribution in [0.3, 0.4) is 0 Å². The van der Waals surface area contributed by atoms with E-state index in [2.05, 4.69) is 20.3 Å². The molecular formula is C22H32ClN5O2. The first-order valence-electron chi connectivity index (χ1n) is 11.3. The van der Waals surface area contributed by atoms with Crippen molar-refractivity contribution in [2.24, 2.45) is 23.7 Å². The highest BCUT2D eigenvalue weighted by Gasteiger charge is 2.60. The summed E-state index contributed by atoms with van der Waals surface area (Å²) in [6.45, 7) is 3.68. The molecule has 7 nitrogen and oxygen atoms in total. The molecule has 2 aromatic heterocycles. The molecule has 0 unspecified atom stereocenters. The van der Waals surface area contributed by atoms with E-state index in [1.54, 1.807) is 17.8 Å². The van der Waals surface area contributed by atoms with E-state index in [0.29, 0.717) is 35.5 Å². The van der Waals surface area contributed by atoms with Crippen LogP contribution in [-0.4, -0.2) is 47.3 Å². The van der Waals surface area contributed by atoms with Gasteiger partial charge in [-0.2, -0.15) is 0 Å². The second-order valence-corrected chi connectivity index (χ2v) is 10.3. The molecule has 0 aliphatic heterocycles. The summed E-state index contributed by atoms with van der Waals surface area (Å²) in [6.07, 6.45) is 11.2. The van der Waals surface area contributed by atoms with Gasteiger partial charge in [0.05, 0.1) is 6.33 Å². The Morgan fingerprint density at radius 3 is 2.37 bits per heavy atom. The second kappa shape index (κ2) is 7.31. The van der Waals surface area contributed by atoms with E-state index in [4.69, 9.17) is 11.6 Å². The van der Waals surface area contributed by atoms with Gasteiger partial charge in [-0.25, -0.2) is 15.0 Å². The number of anilines is 1. The zero-order chi connectivity index (χ0) is 21.1. The summed E-state index contributed by atoms with van der Waals surface area (Å²) in [7, 11) is 0. The summed E-state index contributed by atoms with van der Waals surface area (Å²) < 4.78 is 1.62. The Balaban J connectivity index is 1.51. The Morgan fingerprint density at radius 2 is 1.83 bits per heavy atom. The van der Waals surface area contributed by atoms with Crippen LogP contribution in [0.1, 0.15) is 58.8 Å². The van der Waals surface area contributed by atoms with Gasteiger partial charge in [0.15, 0.2) is 22.7 Å². The second-order valence-electron chi connectivity index (χ2n) is 9.97. The van der Waals surface area contributed by atoms with E-state index < -0.39 is 11.3 Å². The lowest BCUT2D eigenvalue weighted by Gasteiger charge is -2.43. The lowest BCUT2D eigenvalue weighted by Crippen LogP contribution is -2.53. The average molecular weight is 434 g/mol. The van der Waals surface area contributed by atoms with Crippen molar-refractivity contribution >= 4 is 28.6 Å². The van der Waals surface area contributed by atoms with Gasteiger partial charge in [0.1, 0.15) is 11.9 Å². The molecule has 2 aromatic rings. The van der Waals surface area contributed by atoms with Crippen molar-refractivity contribution in [2.45, 2.75) is 76.2 Å². The lowest BCUT2D eigenvalue weighted by atomic mass is 9.68. The number of nitrogens with one attached hydrogen (secondary N) is 1. The van der Waals surface area contributed by atoms with Gasteiger partial charge in [0, 0.05) is 24.3 Å². The van der Waals surface area contributed by atoms with E-state index >= 15 is 0 Å². The first kappa shape index (κ1) is 20.5. The molecule has 5 rings (SSSR count). The van der Waals surface area contributed by atoms with Gasteiger partial charge < -0.3 is 15.5 Å². The number of hydrogen-bond donors (Lipinski definition) is 3. The molecule has 3 aliphatic rings. The molecule has 164 valence electrons. The van der Waals surface area contributed by atoms with Crippen LogP contribution in [0.2, 0.25) is 0 Å². The number of imidazole rings is 1. The molecule has 0 bridgehead atoms. The Morgan fingerprint density at radius 1 is 1.17 bits per heavy atom. The first-order valence-corrected chi connectivity index (χ1v) is 11.9. The molecule has 8 heteroatoms. The number of rotatable bonds is 6. The van der Waals surface area contributed by atoms with Crippen LogP contribution in [0.4, 0.5) is 5.82 Å². The molecule has 0 aromatic carbocycles. The topological polar surface area (TPSA) is 96.1 Å². The van der Waals surface area contributed by atoms with E-state index in [1.165, 1.54) is 44.9 Å². The molecule has 0 spiro atoms. The maximum Gasteiger partial charge on any atom is 0.173 e. The minimum absolute atomic E-state index is 0.0704.